The lowest BCUT2D eigenvalue weighted by Crippen LogP contribution is -2.60. The molecule has 0 unspecified atom stereocenters. The minimum Gasteiger partial charge on any atom is -0.455 e. The summed E-state index contributed by atoms with van der Waals surface area (Å²) in [6.45, 7) is 25.8. The van der Waals surface area contributed by atoms with Gasteiger partial charge in [-0.15, -0.1) is 0 Å². The lowest BCUT2D eigenvalue weighted by atomic mass is 9.43. The van der Waals surface area contributed by atoms with Crippen LogP contribution in [-0.2, 0) is 21.7 Å². The van der Waals surface area contributed by atoms with Gasteiger partial charge >= 0.3 is 6.85 Å². The van der Waals surface area contributed by atoms with Crippen molar-refractivity contribution in [3.63, 3.8) is 0 Å². The lowest BCUT2D eigenvalue weighted by molar-refractivity contribution is 0.332. The van der Waals surface area contributed by atoms with Gasteiger partial charge in [0.1, 0.15) is 11.2 Å². The van der Waals surface area contributed by atoms with E-state index in [-0.39, 0.29) is 28.5 Å². The van der Waals surface area contributed by atoms with Crippen LogP contribution in [0.15, 0.2) is 168 Å². The van der Waals surface area contributed by atoms with E-state index in [2.05, 4.69) is 254 Å². The van der Waals surface area contributed by atoms with E-state index in [9.17, 15) is 0 Å². The van der Waals surface area contributed by atoms with Crippen LogP contribution in [0.1, 0.15) is 110 Å². The van der Waals surface area contributed by atoms with E-state index in [0.29, 0.717) is 0 Å². The van der Waals surface area contributed by atoms with Crippen LogP contribution in [0.25, 0.3) is 71.3 Å². The molecular formula is C69H64BN3O. The molecule has 4 heterocycles. The Balaban J connectivity index is 1.12. The first kappa shape index (κ1) is 45.1. The highest BCUT2D eigenvalue weighted by Crippen LogP contribution is 2.54. The second kappa shape index (κ2) is 15.3. The summed E-state index contributed by atoms with van der Waals surface area (Å²) in [7, 11) is 0. The Labute approximate surface area is 436 Å². The van der Waals surface area contributed by atoms with Crippen LogP contribution in [0.5, 0.6) is 0 Å². The monoisotopic (exact) mass is 962 g/mol. The van der Waals surface area contributed by atoms with Gasteiger partial charge in [0, 0.05) is 66.8 Å². The van der Waals surface area contributed by atoms with E-state index in [4.69, 9.17) is 4.42 Å². The molecule has 11 aromatic rings. The Morgan fingerprint density at radius 3 is 1.82 bits per heavy atom. The summed E-state index contributed by atoms with van der Waals surface area (Å²) >= 11 is 0. The fourth-order valence-electron chi connectivity index (χ4n) is 13.5. The molecule has 4 nitrogen and oxygen atoms in total. The van der Waals surface area contributed by atoms with Crippen LogP contribution in [0.2, 0.25) is 0 Å². The van der Waals surface area contributed by atoms with Gasteiger partial charge in [-0.2, -0.15) is 0 Å². The fourth-order valence-corrected chi connectivity index (χ4v) is 13.5. The molecule has 2 aliphatic heterocycles. The molecule has 3 aliphatic rings. The second-order valence-electron chi connectivity index (χ2n) is 25.3. The minimum atomic E-state index is -0.186. The van der Waals surface area contributed by atoms with Crippen molar-refractivity contribution in [2.45, 2.75) is 111 Å². The summed E-state index contributed by atoms with van der Waals surface area (Å²) in [6.07, 6.45) is 2.31. The summed E-state index contributed by atoms with van der Waals surface area (Å²) in [5.41, 5.74) is 23.3. The molecule has 0 bridgehead atoms. The molecule has 0 saturated heterocycles. The summed E-state index contributed by atoms with van der Waals surface area (Å²) < 4.78 is 9.82. The van der Waals surface area contributed by atoms with Crippen LogP contribution in [0.3, 0.4) is 0 Å². The number of fused-ring (bicyclic) bond motifs is 14. The Hall–Kier alpha value is -7.50. The second-order valence-corrected chi connectivity index (χ2v) is 25.3. The third-order valence-corrected chi connectivity index (χ3v) is 17.6. The zero-order valence-electron chi connectivity index (χ0n) is 44.8. The molecule has 0 saturated carbocycles. The first-order valence-corrected chi connectivity index (χ1v) is 26.9. The molecule has 0 amide bonds. The van der Waals surface area contributed by atoms with E-state index < -0.39 is 0 Å². The molecule has 9 aromatic carbocycles. The van der Waals surface area contributed by atoms with Crippen LogP contribution in [0, 0.1) is 6.92 Å². The number of aryl methyl sites for hydroxylation is 1. The van der Waals surface area contributed by atoms with Gasteiger partial charge in [0.15, 0.2) is 0 Å². The van der Waals surface area contributed by atoms with Crippen LogP contribution >= 0.6 is 0 Å². The predicted molar refractivity (Wildman–Crippen MR) is 317 cm³/mol. The van der Waals surface area contributed by atoms with Gasteiger partial charge < -0.3 is 18.7 Å². The first-order valence-electron chi connectivity index (χ1n) is 26.9. The van der Waals surface area contributed by atoms with Crippen LogP contribution in [0.4, 0.5) is 28.4 Å². The normalized spacial score (nSPS) is 15.6. The van der Waals surface area contributed by atoms with Crippen LogP contribution in [-0.4, -0.2) is 11.4 Å². The van der Waals surface area contributed by atoms with Gasteiger partial charge in [0.05, 0.1) is 11.0 Å². The molecule has 0 radical (unpaired) electrons. The molecular weight excluding hydrogens is 898 g/mol. The zero-order chi connectivity index (χ0) is 51.0. The average Bonchev–Trinajstić information content (AvgIpc) is 3.98. The number of nitrogens with zero attached hydrogens (tertiary/aromatic N) is 3. The van der Waals surface area contributed by atoms with E-state index in [1.807, 2.05) is 0 Å². The van der Waals surface area contributed by atoms with E-state index in [1.54, 1.807) is 0 Å². The van der Waals surface area contributed by atoms with Crippen LogP contribution < -0.4 is 20.6 Å². The number of hydrogen-bond acceptors (Lipinski definition) is 3. The summed E-state index contributed by atoms with van der Waals surface area (Å²) in [4.78, 5) is 5.22. The largest absolute Gasteiger partial charge is 0.455 e. The molecule has 2 aromatic heterocycles. The van der Waals surface area contributed by atoms with E-state index >= 15 is 0 Å². The van der Waals surface area contributed by atoms with Gasteiger partial charge in [0.2, 0.25) is 0 Å². The van der Waals surface area contributed by atoms with Gasteiger partial charge in [0.25, 0.3) is 0 Å². The predicted octanol–water partition coefficient (Wildman–Crippen LogP) is 17.8. The quantitative estimate of drug-likeness (QED) is 0.164. The Morgan fingerprint density at radius 1 is 0.541 bits per heavy atom. The zero-order valence-corrected chi connectivity index (χ0v) is 44.8. The van der Waals surface area contributed by atoms with Crippen molar-refractivity contribution in [3.8, 4) is 16.8 Å². The maximum Gasteiger partial charge on any atom is 0.333 e. The molecule has 364 valence electrons. The average molecular weight is 962 g/mol. The summed E-state index contributed by atoms with van der Waals surface area (Å²) in [5.74, 6) is 0. The van der Waals surface area contributed by atoms with Gasteiger partial charge in [-0.1, -0.05) is 172 Å². The molecule has 1 aliphatic carbocycles. The highest BCUT2D eigenvalue weighted by molar-refractivity contribution is 6.94. The van der Waals surface area contributed by atoms with Crippen molar-refractivity contribution in [2.24, 2.45) is 0 Å². The Kier molecular flexibility index (Phi) is 9.33. The number of para-hydroxylation sites is 2. The van der Waals surface area contributed by atoms with Crippen molar-refractivity contribution in [1.82, 2.24) is 4.57 Å². The number of anilines is 5. The van der Waals surface area contributed by atoms with Crippen molar-refractivity contribution in [3.05, 3.63) is 192 Å². The minimum absolute atomic E-state index is 0.00652. The maximum absolute atomic E-state index is 7.21. The van der Waals surface area contributed by atoms with Gasteiger partial charge in [-0.3, -0.25) is 0 Å². The SMILES string of the molecule is Cc1cc2c(cc1N1B3c4c(cc5c(oc6ccccc65)c4-c4ccc(N(c5ccc(C(C)(C)C)cc5)c5ccc(C(C)(C)C)cc5)cc41)-n1c4ccc5ccccc5c4c4cccc3c41)C(C)(C)CCC2(C)C. The fraction of sp³-hybridized carbons (Fsp3) is 0.246. The molecule has 0 atom stereocenters. The molecule has 74 heavy (non-hydrogen) atoms. The first-order chi connectivity index (χ1) is 35.4. The third-order valence-electron chi connectivity index (χ3n) is 17.6. The van der Waals surface area contributed by atoms with Crippen molar-refractivity contribution in [2.75, 3.05) is 9.71 Å². The highest BCUT2D eigenvalue weighted by Gasteiger charge is 2.47. The van der Waals surface area contributed by atoms with E-state index in [0.717, 1.165) is 45.4 Å². The topological polar surface area (TPSA) is 24.6 Å². The number of aromatic nitrogens is 1. The molecule has 0 N–H and O–H groups in total. The Morgan fingerprint density at radius 2 is 1.15 bits per heavy atom. The maximum atomic E-state index is 7.21. The Bertz CT molecular complexity index is 4120. The van der Waals surface area contributed by atoms with Crippen molar-refractivity contribution in [1.29, 1.82) is 0 Å². The van der Waals surface area contributed by atoms with Gasteiger partial charge in [-0.05, 0) is 152 Å². The number of furan rings is 1. The van der Waals surface area contributed by atoms with Crippen molar-refractivity contribution >= 4 is 101 Å². The van der Waals surface area contributed by atoms with Crippen molar-refractivity contribution < 1.29 is 4.42 Å². The number of benzene rings is 9. The standard InChI is InChI=1S/C69H64BN3O/c1-41-37-53-54(69(10,11)36-35-68(53,8)9)40-57(41)73-58-38-47(71(45-28-24-43(25-29-45)66(2,3)4)46-30-26-44(27-31-46)67(5,6)7)32-33-50(58)62-63-59(39-52-49-19-14-15-22-60(49)74-65(52)62)72-56-34-23-42-17-12-13-18-48(42)61(56)51-20-16-21-55(64(51)72)70(63)73/h12-34,37-40H,35-36H2,1-11H3. The van der Waals surface area contributed by atoms with Gasteiger partial charge in [-0.25, -0.2) is 0 Å². The molecule has 0 spiro atoms. The van der Waals surface area contributed by atoms with E-state index in [1.165, 1.54) is 106 Å². The number of hydrogen-bond donors (Lipinski definition) is 0. The third kappa shape index (κ3) is 6.41. The number of rotatable bonds is 4. The molecule has 0 fully saturated rings. The smallest absolute Gasteiger partial charge is 0.333 e. The summed E-state index contributed by atoms with van der Waals surface area (Å²) in [6, 6.07) is 62.7. The molecule has 5 heteroatoms. The lowest BCUT2D eigenvalue weighted by Gasteiger charge is -2.46. The highest BCUT2D eigenvalue weighted by atomic mass is 16.3. The molecule has 14 rings (SSSR count). The summed E-state index contributed by atoms with van der Waals surface area (Å²) in [5, 5.41) is 7.39.